The molecule has 2 aromatic rings. The van der Waals surface area contributed by atoms with Crippen LogP contribution in [0.15, 0.2) is 24.3 Å². The minimum atomic E-state index is 0.112. The van der Waals surface area contributed by atoms with Gasteiger partial charge in [0.15, 0.2) is 0 Å². The second kappa shape index (κ2) is 9.66. The zero-order chi connectivity index (χ0) is 18.2. The highest BCUT2D eigenvalue weighted by Crippen LogP contribution is 2.27. The molecule has 0 atom stereocenters. The van der Waals surface area contributed by atoms with E-state index in [-0.39, 0.29) is 13.2 Å². The number of anilines is 2. The molecule has 1 aliphatic rings. The number of hydrogen-bond donors (Lipinski definition) is 3. The van der Waals surface area contributed by atoms with Gasteiger partial charge >= 0.3 is 0 Å². The van der Waals surface area contributed by atoms with E-state index < -0.39 is 0 Å². The van der Waals surface area contributed by atoms with Gasteiger partial charge in [-0.2, -0.15) is 4.98 Å². The number of hydrogen-bond acceptors (Lipinski definition) is 7. The maximum Gasteiger partial charge on any atom is 0.225 e. The zero-order valence-electron chi connectivity index (χ0n) is 15.3. The Kier molecular flexibility index (Phi) is 6.99. The number of nitrogens with zero attached hydrogens (tertiary/aromatic N) is 4. The van der Waals surface area contributed by atoms with E-state index in [1.165, 1.54) is 12.8 Å². The van der Waals surface area contributed by atoms with Crippen LogP contribution in [0.25, 0.3) is 10.9 Å². The van der Waals surface area contributed by atoms with Crippen molar-refractivity contribution >= 4 is 22.7 Å². The molecule has 0 unspecified atom stereocenters. The first-order valence-corrected chi connectivity index (χ1v) is 9.51. The number of aliphatic hydroxyl groups is 2. The Morgan fingerprint density at radius 3 is 2.46 bits per heavy atom. The van der Waals surface area contributed by atoms with E-state index >= 15 is 0 Å². The van der Waals surface area contributed by atoms with Crippen LogP contribution in [0.3, 0.4) is 0 Å². The van der Waals surface area contributed by atoms with Crippen molar-refractivity contribution in [1.82, 2.24) is 14.9 Å². The molecule has 0 spiro atoms. The van der Waals surface area contributed by atoms with Gasteiger partial charge in [-0.25, -0.2) is 4.98 Å². The fraction of sp³-hybridized carbons (Fsp3) is 0.579. The molecule has 0 radical (unpaired) electrons. The Morgan fingerprint density at radius 2 is 1.73 bits per heavy atom. The third-order valence-corrected chi connectivity index (χ3v) is 4.76. The molecular weight excluding hydrogens is 330 g/mol. The standard InChI is InChI=1S/C19H29N5O2/c25-14-12-23(13-15-26)9-5-8-20-19-21-17-7-2-1-6-16(17)18(22-19)24-10-3-4-11-24/h1-2,6-7,25-26H,3-5,8-15H2,(H,20,21,22). The molecule has 26 heavy (non-hydrogen) atoms. The van der Waals surface area contributed by atoms with E-state index in [0.717, 1.165) is 49.3 Å². The number of fused-ring (bicyclic) bond motifs is 1. The lowest BCUT2D eigenvalue weighted by molar-refractivity contribution is 0.161. The molecule has 0 bridgehead atoms. The van der Waals surface area contributed by atoms with E-state index in [9.17, 15) is 0 Å². The van der Waals surface area contributed by atoms with Gasteiger partial charge in [0.05, 0.1) is 18.7 Å². The molecular formula is C19H29N5O2. The highest BCUT2D eigenvalue weighted by Gasteiger charge is 2.17. The summed E-state index contributed by atoms with van der Waals surface area (Å²) in [7, 11) is 0. The van der Waals surface area contributed by atoms with Crippen molar-refractivity contribution < 1.29 is 10.2 Å². The normalized spacial score (nSPS) is 14.5. The van der Waals surface area contributed by atoms with Crippen LogP contribution in [0.5, 0.6) is 0 Å². The first-order valence-electron chi connectivity index (χ1n) is 9.51. The molecule has 3 rings (SSSR count). The van der Waals surface area contributed by atoms with Crippen LogP contribution in [-0.4, -0.2) is 77.6 Å². The van der Waals surface area contributed by atoms with Crippen molar-refractivity contribution in [3.8, 4) is 0 Å². The van der Waals surface area contributed by atoms with Crippen molar-refractivity contribution in [1.29, 1.82) is 0 Å². The third-order valence-electron chi connectivity index (χ3n) is 4.76. The lowest BCUT2D eigenvalue weighted by Crippen LogP contribution is -2.31. The van der Waals surface area contributed by atoms with Crippen LogP contribution in [0.1, 0.15) is 19.3 Å². The van der Waals surface area contributed by atoms with Gasteiger partial charge in [-0.3, -0.25) is 4.90 Å². The monoisotopic (exact) mass is 359 g/mol. The highest BCUT2D eigenvalue weighted by molar-refractivity contribution is 5.90. The van der Waals surface area contributed by atoms with Crippen molar-refractivity contribution in [2.45, 2.75) is 19.3 Å². The number of aliphatic hydroxyl groups excluding tert-OH is 2. The highest BCUT2D eigenvalue weighted by atomic mass is 16.3. The number of benzene rings is 1. The summed E-state index contributed by atoms with van der Waals surface area (Å²) in [5.41, 5.74) is 0.967. The summed E-state index contributed by atoms with van der Waals surface area (Å²) in [5, 5.41) is 22.6. The molecule has 7 nitrogen and oxygen atoms in total. The minimum Gasteiger partial charge on any atom is -0.395 e. The van der Waals surface area contributed by atoms with Crippen molar-refractivity contribution in [2.75, 3.05) is 62.7 Å². The van der Waals surface area contributed by atoms with Crippen molar-refractivity contribution in [3.63, 3.8) is 0 Å². The van der Waals surface area contributed by atoms with Crippen LogP contribution in [0.4, 0.5) is 11.8 Å². The summed E-state index contributed by atoms with van der Waals surface area (Å²) in [5.74, 6) is 1.69. The molecule has 1 fully saturated rings. The van der Waals surface area contributed by atoms with Gasteiger partial charge in [-0.05, 0) is 37.9 Å². The Bertz CT molecular complexity index is 685. The molecule has 0 amide bonds. The largest absolute Gasteiger partial charge is 0.395 e. The first kappa shape index (κ1) is 18.8. The van der Waals surface area contributed by atoms with Crippen LogP contribution in [0, 0.1) is 0 Å². The number of aromatic nitrogens is 2. The fourth-order valence-corrected chi connectivity index (χ4v) is 3.43. The van der Waals surface area contributed by atoms with Crippen LogP contribution >= 0.6 is 0 Å². The Morgan fingerprint density at radius 1 is 1.00 bits per heavy atom. The van der Waals surface area contributed by atoms with E-state index in [4.69, 9.17) is 15.2 Å². The van der Waals surface area contributed by atoms with E-state index in [1.54, 1.807) is 0 Å². The van der Waals surface area contributed by atoms with Crippen molar-refractivity contribution in [3.05, 3.63) is 24.3 Å². The summed E-state index contributed by atoms with van der Waals surface area (Å²) in [6, 6.07) is 8.17. The molecule has 0 saturated carbocycles. The summed E-state index contributed by atoms with van der Waals surface area (Å²) in [6.45, 7) is 5.08. The molecule has 1 aliphatic heterocycles. The van der Waals surface area contributed by atoms with Gasteiger partial charge in [0.2, 0.25) is 5.95 Å². The predicted molar refractivity (Wildman–Crippen MR) is 105 cm³/mol. The molecule has 1 aromatic heterocycles. The van der Waals surface area contributed by atoms with Gasteiger partial charge < -0.3 is 20.4 Å². The number of para-hydroxylation sites is 1. The maximum atomic E-state index is 9.07. The van der Waals surface area contributed by atoms with Gasteiger partial charge in [0.25, 0.3) is 0 Å². The van der Waals surface area contributed by atoms with Gasteiger partial charge in [0.1, 0.15) is 5.82 Å². The summed E-state index contributed by atoms with van der Waals surface area (Å²) >= 11 is 0. The number of rotatable bonds is 10. The van der Waals surface area contributed by atoms with E-state index in [0.29, 0.717) is 19.0 Å². The van der Waals surface area contributed by atoms with E-state index in [1.807, 2.05) is 18.2 Å². The molecule has 3 N–H and O–H groups in total. The Balaban J connectivity index is 1.64. The Labute approximate surface area is 154 Å². The topological polar surface area (TPSA) is 84.8 Å². The summed E-state index contributed by atoms with van der Waals surface area (Å²) in [6.07, 6.45) is 3.33. The molecule has 1 saturated heterocycles. The van der Waals surface area contributed by atoms with Gasteiger partial charge in [-0.1, -0.05) is 12.1 Å². The molecule has 7 heteroatoms. The molecule has 142 valence electrons. The average Bonchev–Trinajstić information content (AvgIpc) is 3.19. The lowest BCUT2D eigenvalue weighted by atomic mass is 10.2. The average molecular weight is 359 g/mol. The quantitative estimate of drug-likeness (QED) is 0.552. The SMILES string of the molecule is OCCN(CCO)CCCNc1nc(N2CCCC2)c2ccccc2n1. The lowest BCUT2D eigenvalue weighted by Gasteiger charge is -2.21. The van der Waals surface area contributed by atoms with Gasteiger partial charge in [-0.15, -0.1) is 0 Å². The second-order valence-electron chi connectivity index (χ2n) is 6.65. The zero-order valence-corrected chi connectivity index (χ0v) is 15.3. The smallest absolute Gasteiger partial charge is 0.225 e. The first-order chi connectivity index (χ1) is 12.8. The molecule has 0 aliphatic carbocycles. The van der Waals surface area contributed by atoms with Gasteiger partial charge in [0, 0.05) is 38.1 Å². The van der Waals surface area contributed by atoms with Crippen molar-refractivity contribution in [2.24, 2.45) is 0 Å². The second-order valence-corrected chi connectivity index (χ2v) is 6.65. The predicted octanol–water partition coefficient (Wildman–Crippen LogP) is 1.32. The molecule has 1 aromatic carbocycles. The maximum absolute atomic E-state index is 9.07. The van der Waals surface area contributed by atoms with Crippen LogP contribution in [0.2, 0.25) is 0 Å². The minimum absolute atomic E-state index is 0.112. The summed E-state index contributed by atoms with van der Waals surface area (Å²) in [4.78, 5) is 13.8. The van der Waals surface area contributed by atoms with Crippen LogP contribution < -0.4 is 10.2 Å². The van der Waals surface area contributed by atoms with E-state index in [2.05, 4.69) is 26.2 Å². The molecule has 2 heterocycles. The summed E-state index contributed by atoms with van der Waals surface area (Å²) < 4.78 is 0. The fourth-order valence-electron chi connectivity index (χ4n) is 3.43. The number of nitrogens with one attached hydrogen (secondary N) is 1. The Hall–Kier alpha value is -1.96. The van der Waals surface area contributed by atoms with Crippen LogP contribution in [-0.2, 0) is 0 Å². The third kappa shape index (κ3) is 4.81.